The number of benzene rings is 4. The molecule has 0 bridgehead atoms. The van der Waals surface area contributed by atoms with Gasteiger partial charge in [0.2, 0.25) is 0 Å². The molecule has 4 aromatic rings. The molecule has 1 aliphatic rings. The molecule has 0 aromatic heterocycles. The van der Waals surface area contributed by atoms with E-state index in [1.165, 1.54) is 76.5 Å². The first-order valence-electron chi connectivity index (χ1n) is 15.3. The molecule has 4 unspecified atom stereocenters. The molecule has 40 heavy (non-hydrogen) atoms. The highest BCUT2D eigenvalue weighted by molar-refractivity contribution is 8.81. The molecule has 0 nitrogen and oxygen atoms in total. The third kappa shape index (κ3) is 8.56. The van der Waals surface area contributed by atoms with E-state index in [9.17, 15) is 0 Å². The molecule has 0 N–H and O–H groups in total. The first-order valence-corrected chi connectivity index (χ1v) is 23.1. The minimum absolute atomic E-state index is 0.297. The van der Waals surface area contributed by atoms with Crippen molar-refractivity contribution in [1.29, 1.82) is 0 Å². The Morgan fingerprint density at radius 3 is 0.825 bits per heavy atom. The molecule has 0 amide bonds. The van der Waals surface area contributed by atoms with Gasteiger partial charge in [0.15, 0.2) is 0 Å². The van der Waals surface area contributed by atoms with E-state index >= 15 is 0 Å². The molecule has 1 aliphatic heterocycles. The molecule has 0 saturated carbocycles. The maximum atomic E-state index is 2.49. The summed E-state index contributed by atoms with van der Waals surface area (Å²) >= 11 is 0. The number of hydrogen-bond acceptors (Lipinski definition) is 0. The van der Waals surface area contributed by atoms with Crippen LogP contribution in [0.4, 0.5) is 0 Å². The van der Waals surface area contributed by atoms with E-state index in [4.69, 9.17) is 0 Å². The van der Waals surface area contributed by atoms with Gasteiger partial charge in [-0.1, -0.05) is 173 Å². The summed E-state index contributed by atoms with van der Waals surface area (Å²) < 4.78 is 0. The molecule has 1 heterocycles. The van der Waals surface area contributed by atoms with Gasteiger partial charge in [0, 0.05) is 0 Å². The second kappa shape index (κ2) is 16.9. The lowest BCUT2D eigenvalue weighted by Gasteiger charge is -2.40. The van der Waals surface area contributed by atoms with Gasteiger partial charge in [-0.15, -0.1) is 0 Å². The summed E-state index contributed by atoms with van der Waals surface area (Å²) in [4.78, 5) is 0. The van der Waals surface area contributed by atoms with Crippen LogP contribution in [0.2, 0.25) is 0 Å². The Balaban J connectivity index is 1.66. The Kier molecular flexibility index (Phi) is 12.7. The molecule has 1 fully saturated rings. The van der Waals surface area contributed by atoms with Crippen LogP contribution in [-0.2, 0) is 0 Å². The van der Waals surface area contributed by atoms with Crippen LogP contribution in [0.1, 0.15) is 64.2 Å². The van der Waals surface area contributed by atoms with Gasteiger partial charge in [-0.3, -0.25) is 0 Å². The van der Waals surface area contributed by atoms with Crippen LogP contribution in [0.25, 0.3) is 0 Å². The van der Waals surface area contributed by atoms with Crippen molar-refractivity contribution in [2.45, 2.75) is 64.2 Å². The largest absolute Gasteiger partial charge is 0.0622 e. The minimum atomic E-state index is -0.371. The SMILES string of the molecule is c1ccc(P2CCCCCCCCCCCCP(c3ccccc3)P(c3ccccc3)P2c2ccccc2)cc1. The minimum Gasteiger partial charge on any atom is -0.0622 e. The Labute approximate surface area is 248 Å². The average Bonchev–Trinajstić information content (AvgIpc) is 3.02. The van der Waals surface area contributed by atoms with Crippen molar-refractivity contribution in [2.75, 3.05) is 12.3 Å². The van der Waals surface area contributed by atoms with Crippen LogP contribution >= 0.6 is 29.8 Å². The van der Waals surface area contributed by atoms with E-state index in [1.54, 1.807) is 21.2 Å². The van der Waals surface area contributed by atoms with Crippen molar-refractivity contribution in [1.82, 2.24) is 0 Å². The summed E-state index contributed by atoms with van der Waals surface area (Å²) in [7, 11) is -1.34. The monoisotopic (exact) mass is 600 g/mol. The summed E-state index contributed by atoms with van der Waals surface area (Å²) in [6.45, 7) is 0. The average molecular weight is 601 g/mol. The van der Waals surface area contributed by atoms with Gasteiger partial charge in [-0.2, -0.15) is 0 Å². The summed E-state index contributed by atoms with van der Waals surface area (Å²) in [6, 6.07) is 47.0. The molecule has 1 saturated heterocycles. The maximum Gasteiger partial charge on any atom is -0.0111 e. The Morgan fingerprint density at radius 1 is 0.275 bits per heavy atom. The Hall–Kier alpha value is -1.40. The fraction of sp³-hybridized carbons (Fsp3) is 0.333. The third-order valence-electron chi connectivity index (χ3n) is 7.71. The predicted molar refractivity (Wildman–Crippen MR) is 188 cm³/mol. The summed E-state index contributed by atoms with van der Waals surface area (Å²) in [6.07, 6.45) is 16.8. The van der Waals surface area contributed by atoms with Gasteiger partial charge >= 0.3 is 0 Å². The maximum absolute atomic E-state index is 2.49. The smallest absolute Gasteiger partial charge is 0.0111 e. The van der Waals surface area contributed by atoms with Crippen LogP contribution in [0, 0.1) is 0 Å². The molecule has 0 aliphatic carbocycles. The van der Waals surface area contributed by atoms with Crippen molar-refractivity contribution < 1.29 is 0 Å². The van der Waals surface area contributed by atoms with Crippen molar-refractivity contribution in [3.8, 4) is 0 Å². The van der Waals surface area contributed by atoms with Crippen LogP contribution in [0.5, 0.6) is 0 Å². The topological polar surface area (TPSA) is 0 Å². The summed E-state index contributed by atoms with van der Waals surface area (Å²) in [5, 5.41) is 6.51. The van der Waals surface area contributed by atoms with E-state index in [1.807, 2.05) is 0 Å². The quantitative estimate of drug-likeness (QED) is 0.205. The van der Waals surface area contributed by atoms with Gasteiger partial charge in [0.25, 0.3) is 0 Å². The Morgan fingerprint density at radius 2 is 0.525 bits per heavy atom. The number of rotatable bonds is 4. The van der Waals surface area contributed by atoms with E-state index in [0.29, 0.717) is 0 Å². The first-order chi connectivity index (χ1) is 19.9. The van der Waals surface area contributed by atoms with Gasteiger partial charge in [0.1, 0.15) is 0 Å². The molecule has 4 atom stereocenters. The predicted octanol–water partition coefficient (Wildman–Crippen LogP) is 10.9. The molecule has 4 heteroatoms. The van der Waals surface area contributed by atoms with Crippen molar-refractivity contribution >= 4 is 51.0 Å². The highest BCUT2D eigenvalue weighted by atomic mass is 32.7. The number of hydrogen-bond donors (Lipinski definition) is 0. The Bertz CT molecular complexity index is 1120. The second-order valence-electron chi connectivity index (χ2n) is 10.7. The fourth-order valence-electron chi connectivity index (χ4n) is 5.63. The third-order valence-corrected chi connectivity index (χ3v) is 31.3. The van der Waals surface area contributed by atoms with Crippen LogP contribution in [0.15, 0.2) is 121 Å². The molecule has 4 aromatic carbocycles. The van der Waals surface area contributed by atoms with Gasteiger partial charge < -0.3 is 0 Å². The summed E-state index contributed by atoms with van der Waals surface area (Å²) in [5.74, 6) is 0. The van der Waals surface area contributed by atoms with Crippen LogP contribution < -0.4 is 21.2 Å². The van der Waals surface area contributed by atoms with Gasteiger partial charge in [0.05, 0.1) is 0 Å². The zero-order valence-electron chi connectivity index (χ0n) is 23.8. The van der Waals surface area contributed by atoms with Crippen molar-refractivity contribution in [3.63, 3.8) is 0 Å². The van der Waals surface area contributed by atoms with Crippen molar-refractivity contribution in [2.24, 2.45) is 0 Å². The van der Waals surface area contributed by atoms with Crippen LogP contribution in [0.3, 0.4) is 0 Å². The zero-order chi connectivity index (χ0) is 27.2. The van der Waals surface area contributed by atoms with Gasteiger partial charge in [-0.05, 0) is 76.2 Å². The van der Waals surface area contributed by atoms with Crippen molar-refractivity contribution in [3.05, 3.63) is 121 Å². The van der Waals surface area contributed by atoms with E-state index in [2.05, 4.69) is 121 Å². The fourth-order valence-corrected chi connectivity index (χ4v) is 35.5. The lowest BCUT2D eigenvalue weighted by molar-refractivity contribution is 0.563. The molecule has 5 rings (SSSR count). The van der Waals surface area contributed by atoms with E-state index in [0.717, 1.165) is 0 Å². The lowest BCUT2D eigenvalue weighted by Crippen LogP contribution is -2.14. The summed E-state index contributed by atoms with van der Waals surface area (Å²) in [5.41, 5.74) is 0. The first kappa shape index (κ1) is 30.1. The molecular formula is C36H44P4. The normalized spacial score (nSPS) is 23.8. The molecular weight excluding hydrogens is 556 g/mol. The molecule has 0 radical (unpaired) electrons. The lowest BCUT2D eigenvalue weighted by atomic mass is 10.1. The standard InChI is InChI=1S/C36H44P4/c1-2-4-6-8-22-32-38(34-25-15-10-16-26-34)40(36-29-19-12-20-30-36)39(35-27-17-11-18-28-35)37(31-21-7-5-3-1)33-23-13-9-14-24-33/h9-20,23-30H,1-8,21-22,31-32H2. The van der Waals surface area contributed by atoms with E-state index < -0.39 is 0 Å². The highest BCUT2D eigenvalue weighted by Gasteiger charge is 2.37. The highest BCUT2D eigenvalue weighted by Crippen LogP contribution is 2.94. The zero-order valence-corrected chi connectivity index (χ0v) is 27.4. The van der Waals surface area contributed by atoms with E-state index in [-0.39, 0.29) is 29.8 Å². The van der Waals surface area contributed by atoms with Gasteiger partial charge in [-0.25, -0.2) is 0 Å². The second-order valence-corrected chi connectivity index (χ2v) is 26.0. The van der Waals surface area contributed by atoms with Crippen LogP contribution in [-0.4, -0.2) is 12.3 Å². The molecule has 208 valence electrons. The molecule has 0 spiro atoms.